The van der Waals surface area contributed by atoms with Crippen molar-refractivity contribution in [3.8, 4) is 0 Å². The first-order valence-corrected chi connectivity index (χ1v) is 5.36. The second-order valence-electron chi connectivity index (χ2n) is 4.57. The normalized spacial score (nSPS) is 32.4. The molecule has 1 fully saturated rings. The van der Waals surface area contributed by atoms with E-state index in [1.54, 1.807) is 0 Å². The molecule has 0 saturated carbocycles. The molecule has 3 heteroatoms. The number of rotatable bonds is 2. The zero-order chi connectivity index (χ0) is 10.2. The first-order valence-electron chi connectivity index (χ1n) is 5.36. The minimum Gasteiger partial charge on any atom is -0.315 e. The molecule has 1 aliphatic heterocycles. The van der Waals surface area contributed by atoms with Crippen LogP contribution >= 0.6 is 0 Å². The van der Waals surface area contributed by atoms with Gasteiger partial charge in [0.25, 0.3) is 0 Å². The van der Waals surface area contributed by atoms with Gasteiger partial charge in [-0.05, 0) is 17.9 Å². The molecule has 0 spiro atoms. The van der Waals surface area contributed by atoms with Crippen LogP contribution in [0.15, 0.2) is 12.3 Å². The van der Waals surface area contributed by atoms with Crippen molar-refractivity contribution in [2.24, 2.45) is 12.5 Å². The average molecular weight is 193 g/mol. The summed E-state index contributed by atoms with van der Waals surface area (Å²) in [5, 5.41) is 7.74. The summed E-state index contributed by atoms with van der Waals surface area (Å²) in [7, 11) is 2.03. The van der Waals surface area contributed by atoms with Gasteiger partial charge in [0.2, 0.25) is 0 Å². The molecule has 1 N–H and O–H groups in total. The van der Waals surface area contributed by atoms with Crippen LogP contribution in [0.5, 0.6) is 0 Å². The molecule has 3 nitrogen and oxygen atoms in total. The predicted molar refractivity (Wildman–Crippen MR) is 57.2 cm³/mol. The van der Waals surface area contributed by atoms with Gasteiger partial charge in [0, 0.05) is 37.9 Å². The van der Waals surface area contributed by atoms with Gasteiger partial charge in [-0.3, -0.25) is 4.68 Å². The van der Waals surface area contributed by atoms with E-state index in [0.717, 1.165) is 13.1 Å². The monoisotopic (exact) mass is 193 g/mol. The van der Waals surface area contributed by atoms with Gasteiger partial charge < -0.3 is 5.32 Å². The molecule has 14 heavy (non-hydrogen) atoms. The molecule has 0 aliphatic carbocycles. The molecule has 1 aromatic heterocycles. The largest absolute Gasteiger partial charge is 0.315 e. The van der Waals surface area contributed by atoms with E-state index >= 15 is 0 Å². The van der Waals surface area contributed by atoms with Crippen LogP contribution in [0.2, 0.25) is 0 Å². The van der Waals surface area contributed by atoms with Gasteiger partial charge >= 0.3 is 0 Å². The highest BCUT2D eigenvalue weighted by atomic mass is 15.3. The smallest absolute Gasteiger partial charge is 0.0492 e. The summed E-state index contributed by atoms with van der Waals surface area (Å²) in [6, 6.07) is 2.14. The maximum atomic E-state index is 4.25. The fraction of sp³-hybridized carbons (Fsp3) is 0.727. The van der Waals surface area contributed by atoms with Gasteiger partial charge in [-0.25, -0.2) is 0 Å². The first kappa shape index (κ1) is 9.71. The first-order chi connectivity index (χ1) is 6.67. The molecule has 1 aliphatic rings. The Morgan fingerprint density at radius 3 is 3.07 bits per heavy atom. The molecular weight excluding hydrogens is 174 g/mol. The van der Waals surface area contributed by atoms with Crippen LogP contribution in [-0.2, 0) is 7.05 Å². The summed E-state index contributed by atoms with van der Waals surface area (Å²) in [6.45, 7) is 6.85. The second kappa shape index (κ2) is 3.39. The predicted octanol–water partition coefficient (Wildman–Crippen LogP) is 1.52. The standard InChI is InChI=1S/C11H19N3/c1-4-11(2)8-12-7-9(11)10-5-6-13-14(10)3/h5-6,9,12H,4,7-8H2,1-3H3/t9-,11-/m0/s1. The highest BCUT2D eigenvalue weighted by Crippen LogP contribution is 2.40. The van der Waals surface area contributed by atoms with Crippen molar-refractivity contribution in [2.45, 2.75) is 26.2 Å². The lowest BCUT2D eigenvalue weighted by molar-refractivity contribution is 0.299. The van der Waals surface area contributed by atoms with E-state index in [1.165, 1.54) is 12.1 Å². The molecule has 0 bridgehead atoms. The van der Waals surface area contributed by atoms with Crippen molar-refractivity contribution in [1.82, 2.24) is 15.1 Å². The summed E-state index contributed by atoms with van der Waals surface area (Å²) in [6.07, 6.45) is 3.11. The summed E-state index contributed by atoms with van der Waals surface area (Å²) in [5.41, 5.74) is 1.76. The summed E-state index contributed by atoms with van der Waals surface area (Å²) < 4.78 is 2.01. The maximum absolute atomic E-state index is 4.25. The Morgan fingerprint density at radius 1 is 1.71 bits per heavy atom. The molecule has 2 atom stereocenters. The van der Waals surface area contributed by atoms with E-state index in [-0.39, 0.29) is 0 Å². The van der Waals surface area contributed by atoms with Crippen molar-refractivity contribution in [1.29, 1.82) is 0 Å². The van der Waals surface area contributed by atoms with Crippen LogP contribution in [0.25, 0.3) is 0 Å². The van der Waals surface area contributed by atoms with Crippen LogP contribution in [-0.4, -0.2) is 22.9 Å². The Balaban J connectivity index is 2.31. The van der Waals surface area contributed by atoms with Crippen molar-refractivity contribution >= 4 is 0 Å². The third-order valence-electron chi connectivity index (χ3n) is 3.74. The lowest BCUT2D eigenvalue weighted by Crippen LogP contribution is -2.25. The molecule has 0 aromatic carbocycles. The van der Waals surface area contributed by atoms with E-state index < -0.39 is 0 Å². The number of nitrogens with zero attached hydrogens (tertiary/aromatic N) is 2. The number of aryl methyl sites for hydroxylation is 1. The quantitative estimate of drug-likeness (QED) is 0.772. The number of nitrogens with one attached hydrogen (secondary N) is 1. The number of hydrogen-bond acceptors (Lipinski definition) is 2. The highest BCUT2D eigenvalue weighted by Gasteiger charge is 2.39. The topological polar surface area (TPSA) is 29.9 Å². The Labute approximate surface area is 85.5 Å². The van der Waals surface area contributed by atoms with E-state index in [1.807, 2.05) is 17.9 Å². The van der Waals surface area contributed by atoms with E-state index in [9.17, 15) is 0 Å². The summed E-state index contributed by atoms with van der Waals surface area (Å²) >= 11 is 0. The summed E-state index contributed by atoms with van der Waals surface area (Å²) in [4.78, 5) is 0. The fourth-order valence-electron chi connectivity index (χ4n) is 2.43. The molecule has 1 saturated heterocycles. The van der Waals surface area contributed by atoms with Crippen molar-refractivity contribution in [3.05, 3.63) is 18.0 Å². The second-order valence-corrected chi connectivity index (χ2v) is 4.57. The molecule has 0 radical (unpaired) electrons. The van der Waals surface area contributed by atoms with E-state index in [4.69, 9.17) is 0 Å². The average Bonchev–Trinajstić information content (AvgIpc) is 2.73. The van der Waals surface area contributed by atoms with Gasteiger partial charge in [0.1, 0.15) is 0 Å². The number of hydrogen-bond donors (Lipinski definition) is 1. The minimum absolute atomic E-state index is 0.397. The molecule has 0 amide bonds. The van der Waals surface area contributed by atoms with Gasteiger partial charge in [0.05, 0.1) is 0 Å². The zero-order valence-corrected chi connectivity index (χ0v) is 9.25. The van der Waals surface area contributed by atoms with Crippen molar-refractivity contribution < 1.29 is 0 Å². The molecule has 2 heterocycles. The minimum atomic E-state index is 0.397. The zero-order valence-electron chi connectivity index (χ0n) is 9.25. The van der Waals surface area contributed by atoms with Gasteiger partial charge in [-0.2, -0.15) is 5.10 Å². The van der Waals surface area contributed by atoms with E-state index in [2.05, 4.69) is 30.3 Å². The Hall–Kier alpha value is -0.830. The molecule has 78 valence electrons. The van der Waals surface area contributed by atoms with Crippen LogP contribution in [0.4, 0.5) is 0 Å². The van der Waals surface area contributed by atoms with Gasteiger partial charge in [-0.1, -0.05) is 13.8 Å². The van der Waals surface area contributed by atoms with Crippen molar-refractivity contribution in [3.63, 3.8) is 0 Å². The van der Waals surface area contributed by atoms with Gasteiger partial charge in [0.15, 0.2) is 0 Å². The highest BCUT2D eigenvalue weighted by molar-refractivity contribution is 5.15. The lowest BCUT2D eigenvalue weighted by Gasteiger charge is -2.29. The van der Waals surface area contributed by atoms with Crippen LogP contribution in [0.3, 0.4) is 0 Å². The van der Waals surface area contributed by atoms with Gasteiger partial charge in [-0.15, -0.1) is 0 Å². The Kier molecular flexibility index (Phi) is 2.35. The molecule has 1 aromatic rings. The maximum Gasteiger partial charge on any atom is 0.0492 e. The van der Waals surface area contributed by atoms with Crippen LogP contribution in [0, 0.1) is 5.41 Å². The van der Waals surface area contributed by atoms with E-state index in [0.29, 0.717) is 11.3 Å². The lowest BCUT2D eigenvalue weighted by atomic mass is 9.76. The third kappa shape index (κ3) is 1.36. The molecular formula is C11H19N3. The number of aromatic nitrogens is 2. The fourth-order valence-corrected chi connectivity index (χ4v) is 2.43. The Morgan fingerprint density at radius 2 is 2.50 bits per heavy atom. The SMILES string of the molecule is CC[C@@]1(C)CNC[C@H]1c1ccnn1C. The Bertz CT molecular complexity index is 318. The van der Waals surface area contributed by atoms with Crippen LogP contribution in [0.1, 0.15) is 31.9 Å². The van der Waals surface area contributed by atoms with Crippen LogP contribution < -0.4 is 5.32 Å². The van der Waals surface area contributed by atoms with Crippen molar-refractivity contribution in [2.75, 3.05) is 13.1 Å². The molecule has 2 rings (SSSR count). The summed E-state index contributed by atoms with van der Waals surface area (Å²) in [5.74, 6) is 0.611. The molecule has 0 unspecified atom stereocenters. The third-order valence-corrected chi connectivity index (χ3v) is 3.74.